The molecule has 0 N–H and O–H groups in total. The Hall–Kier alpha value is -2.25. The Morgan fingerprint density at radius 1 is 1.00 bits per heavy atom. The predicted molar refractivity (Wildman–Crippen MR) is 139 cm³/mol. The number of benzene rings is 3. The van der Waals surface area contributed by atoms with Crippen LogP contribution in [0.25, 0.3) is 6.08 Å². The normalized spacial score (nSPS) is 14.9. The molecule has 0 radical (unpaired) electrons. The maximum atomic E-state index is 12.8. The summed E-state index contributed by atoms with van der Waals surface area (Å²) in [5.74, 6) is 1.59. The Balaban J connectivity index is 1.30. The van der Waals surface area contributed by atoms with Gasteiger partial charge in [0.05, 0.1) is 18.1 Å². The SMILES string of the molecule is O=C1C(=Cc2ccc(OCCSc3ccc(Cl)cc3)cc2)SC(=S)N1Cc1ccccc1. The van der Waals surface area contributed by atoms with E-state index in [2.05, 4.69) is 0 Å². The van der Waals surface area contributed by atoms with Crippen LogP contribution in [0.4, 0.5) is 0 Å². The van der Waals surface area contributed by atoms with Crippen molar-refractivity contribution in [2.75, 3.05) is 12.4 Å². The van der Waals surface area contributed by atoms with Gasteiger partial charge in [-0.05, 0) is 53.6 Å². The van der Waals surface area contributed by atoms with Gasteiger partial charge in [-0.25, -0.2) is 0 Å². The number of amides is 1. The first kappa shape index (κ1) is 22.9. The molecule has 1 aliphatic heterocycles. The minimum Gasteiger partial charge on any atom is -0.493 e. The van der Waals surface area contributed by atoms with E-state index in [1.165, 1.54) is 11.8 Å². The quantitative estimate of drug-likeness (QED) is 0.146. The van der Waals surface area contributed by atoms with Crippen molar-refractivity contribution in [1.82, 2.24) is 4.90 Å². The number of rotatable bonds is 8. The Bertz CT molecular complexity index is 1120. The van der Waals surface area contributed by atoms with E-state index < -0.39 is 0 Å². The summed E-state index contributed by atoms with van der Waals surface area (Å²) in [7, 11) is 0. The molecule has 3 aromatic carbocycles. The number of carbonyl (C=O) groups is 1. The number of ether oxygens (including phenoxy) is 1. The third kappa shape index (κ3) is 6.17. The minimum absolute atomic E-state index is 0.0524. The first-order valence-electron chi connectivity index (χ1n) is 9.99. The third-order valence-electron chi connectivity index (χ3n) is 4.67. The molecule has 0 bridgehead atoms. The Morgan fingerprint density at radius 2 is 1.72 bits per heavy atom. The average molecular weight is 498 g/mol. The molecule has 4 rings (SSSR count). The Labute approximate surface area is 206 Å². The molecule has 0 aliphatic carbocycles. The van der Waals surface area contributed by atoms with Crippen LogP contribution in [-0.2, 0) is 11.3 Å². The van der Waals surface area contributed by atoms with Gasteiger partial charge in [-0.2, -0.15) is 0 Å². The zero-order chi connectivity index (χ0) is 22.3. The molecule has 0 unspecified atom stereocenters. The molecule has 1 heterocycles. The number of carbonyl (C=O) groups excluding carboxylic acids is 1. The van der Waals surface area contributed by atoms with Gasteiger partial charge >= 0.3 is 0 Å². The first-order chi connectivity index (χ1) is 15.6. The molecular formula is C25H20ClNO2S3. The summed E-state index contributed by atoms with van der Waals surface area (Å²) < 4.78 is 6.42. The van der Waals surface area contributed by atoms with Gasteiger partial charge in [0.25, 0.3) is 5.91 Å². The van der Waals surface area contributed by atoms with Crippen molar-refractivity contribution >= 4 is 63.6 Å². The van der Waals surface area contributed by atoms with Crippen molar-refractivity contribution in [2.45, 2.75) is 11.4 Å². The van der Waals surface area contributed by atoms with Gasteiger partial charge in [-0.15, -0.1) is 11.8 Å². The Morgan fingerprint density at radius 3 is 2.44 bits per heavy atom. The minimum atomic E-state index is -0.0524. The van der Waals surface area contributed by atoms with Gasteiger partial charge in [-0.3, -0.25) is 9.69 Å². The summed E-state index contributed by atoms with van der Waals surface area (Å²) in [5, 5.41) is 0.740. The topological polar surface area (TPSA) is 29.5 Å². The molecule has 1 amide bonds. The van der Waals surface area contributed by atoms with E-state index in [1.54, 1.807) is 16.7 Å². The van der Waals surface area contributed by atoms with E-state index >= 15 is 0 Å². The number of hydrogen-bond acceptors (Lipinski definition) is 5. The van der Waals surface area contributed by atoms with E-state index in [0.29, 0.717) is 22.4 Å². The van der Waals surface area contributed by atoms with E-state index in [-0.39, 0.29) is 5.91 Å². The van der Waals surface area contributed by atoms with Crippen LogP contribution in [0, 0.1) is 0 Å². The third-order valence-corrected chi connectivity index (χ3v) is 7.28. The second-order valence-electron chi connectivity index (χ2n) is 6.97. The molecule has 0 spiro atoms. The average Bonchev–Trinajstić information content (AvgIpc) is 3.07. The number of hydrogen-bond donors (Lipinski definition) is 0. The molecule has 3 nitrogen and oxygen atoms in total. The second-order valence-corrected chi connectivity index (χ2v) is 10.3. The highest BCUT2D eigenvalue weighted by atomic mass is 35.5. The Kier molecular flexibility index (Phi) is 7.92. The van der Waals surface area contributed by atoms with E-state index in [4.69, 9.17) is 28.6 Å². The number of halogens is 1. The largest absolute Gasteiger partial charge is 0.493 e. The van der Waals surface area contributed by atoms with Crippen molar-refractivity contribution in [2.24, 2.45) is 0 Å². The zero-order valence-corrected chi connectivity index (χ0v) is 20.3. The molecular weight excluding hydrogens is 478 g/mol. The summed E-state index contributed by atoms with van der Waals surface area (Å²) in [6.45, 7) is 1.09. The maximum absolute atomic E-state index is 12.8. The van der Waals surface area contributed by atoms with Gasteiger partial charge in [-0.1, -0.05) is 78.0 Å². The molecule has 1 saturated heterocycles. The molecule has 0 atom stereocenters. The zero-order valence-electron chi connectivity index (χ0n) is 17.1. The summed E-state index contributed by atoms with van der Waals surface area (Å²) in [4.78, 5) is 16.3. The van der Waals surface area contributed by atoms with E-state index in [1.807, 2.05) is 84.9 Å². The molecule has 7 heteroatoms. The standard InChI is InChI=1S/C25H20ClNO2S3/c26-20-8-12-22(13-9-20)31-15-14-29-21-10-6-18(7-11-21)16-23-24(28)27(25(30)32-23)17-19-4-2-1-3-5-19/h1-13,16H,14-15,17H2. The van der Waals surface area contributed by atoms with Crippen molar-refractivity contribution in [1.29, 1.82) is 0 Å². The predicted octanol–water partition coefficient (Wildman–Crippen LogP) is 6.91. The highest BCUT2D eigenvalue weighted by Gasteiger charge is 2.31. The number of nitrogens with zero attached hydrogens (tertiary/aromatic N) is 1. The fourth-order valence-corrected chi connectivity index (χ4v) is 5.18. The maximum Gasteiger partial charge on any atom is 0.266 e. The van der Waals surface area contributed by atoms with Crippen molar-refractivity contribution < 1.29 is 9.53 Å². The van der Waals surface area contributed by atoms with Crippen LogP contribution in [0.15, 0.2) is 88.7 Å². The molecule has 0 aromatic heterocycles. The molecule has 0 saturated carbocycles. The van der Waals surface area contributed by atoms with Crippen LogP contribution >= 0.6 is 47.3 Å². The van der Waals surface area contributed by atoms with Crippen LogP contribution in [0.2, 0.25) is 5.02 Å². The van der Waals surface area contributed by atoms with Crippen LogP contribution in [0.3, 0.4) is 0 Å². The van der Waals surface area contributed by atoms with Crippen LogP contribution in [-0.4, -0.2) is 27.5 Å². The summed E-state index contributed by atoms with van der Waals surface area (Å²) >= 11 is 14.4. The van der Waals surface area contributed by atoms with Crippen molar-refractivity contribution in [3.8, 4) is 5.75 Å². The molecule has 1 aliphatic rings. The highest BCUT2D eigenvalue weighted by Crippen LogP contribution is 2.33. The number of thiocarbonyl (C=S) groups is 1. The summed E-state index contributed by atoms with van der Waals surface area (Å²) in [6.07, 6.45) is 1.88. The first-order valence-corrected chi connectivity index (χ1v) is 12.6. The van der Waals surface area contributed by atoms with Crippen LogP contribution in [0.5, 0.6) is 5.75 Å². The van der Waals surface area contributed by atoms with Crippen molar-refractivity contribution in [3.05, 3.63) is 99.9 Å². The molecule has 3 aromatic rings. The smallest absolute Gasteiger partial charge is 0.266 e. The van der Waals surface area contributed by atoms with E-state index in [9.17, 15) is 4.79 Å². The van der Waals surface area contributed by atoms with Gasteiger partial charge < -0.3 is 4.74 Å². The van der Waals surface area contributed by atoms with E-state index in [0.717, 1.165) is 32.5 Å². The lowest BCUT2D eigenvalue weighted by atomic mass is 10.2. The monoisotopic (exact) mass is 497 g/mol. The van der Waals surface area contributed by atoms with Gasteiger partial charge in [0.1, 0.15) is 10.1 Å². The van der Waals surface area contributed by atoms with Crippen LogP contribution in [0.1, 0.15) is 11.1 Å². The van der Waals surface area contributed by atoms with Crippen LogP contribution < -0.4 is 4.74 Å². The second kappa shape index (κ2) is 11.1. The molecule has 32 heavy (non-hydrogen) atoms. The summed E-state index contributed by atoms with van der Waals surface area (Å²) in [6, 6.07) is 25.4. The lowest BCUT2D eigenvalue weighted by molar-refractivity contribution is -0.122. The summed E-state index contributed by atoms with van der Waals surface area (Å²) in [5.41, 5.74) is 1.99. The molecule has 1 fully saturated rings. The fraction of sp³-hybridized carbons (Fsp3) is 0.120. The lowest BCUT2D eigenvalue weighted by Gasteiger charge is -2.14. The van der Waals surface area contributed by atoms with Gasteiger partial charge in [0, 0.05) is 15.7 Å². The van der Waals surface area contributed by atoms with Gasteiger partial charge in [0.2, 0.25) is 0 Å². The van der Waals surface area contributed by atoms with Gasteiger partial charge in [0.15, 0.2) is 0 Å². The highest BCUT2D eigenvalue weighted by molar-refractivity contribution is 8.26. The number of thioether (sulfide) groups is 2. The fourth-order valence-electron chi connectivity index (χ4n) is 3.06. The molecule has 162 valence electrons. The lowest BCUT2D eigenvalue weighted by Crippen LogP contribution is -2.27. The van der Waals surface area contributed by atoms with Crippen molar-refractivity contribution in [3.63, 3.8) is 0 Å².